The molecule has 0 spiro atoms. The number of halogens is 1. The number of methoxy groups -OCH3 is 1. The quantitative estimate of drug-likeness (QED) is 0.746. The molecule has 1 atom stereocenters. The van der Waals surface area contributed by atoms with E-state index in [1.54, 1.807) is 0 Å². The largest absolute Gasteiger partial charge is 0.469 e. The summed E-state index contributed by atoms with van der Waals surface area (Å²) in [6.45, 7) is 1.83. The molecule has 0 unspecified atom stereocenters. The maximum Gasteiger partial charge on any atom is 0.312 e. The second-order valence-electron chi connectivity index (χ2n) is 2.80. The van der Waals surface area contributed by atoms with E-state index >= 15 is 0 Å². The lowest BCUT2D eigenvalue weighted by atomic mass is 10.0. The fourth-order valence-electron chi connectivity index (χ4n) is 1.09. The third kappa shape index (κ3) is 2.56. The molecule has 0 heterocycles. The maximum absolute atomic E-state index is 11.2. The normalized spacial score (nSPS) is 12.2. The van der Waals surface area contributed by atoms with Crippen LogP contribution in [0.4, 0.5) is 0 Å². The van der Waals surface area contributed by atoms with E-state index in [-0.39, 0.29) is 11.9 Å². The van der Waals surface area contributed by atoms with E-state index in [0.29, 0.717) is 0 Å². The van der Waals surface area contributed by atoms with Gasteiger partial charge in [0.05, 0.1) is 13.0 Å². The molecule has 0 saturated heterocycles. The lowest BCUT2D eigenvalue weighted by Gasteiger charge is -2.09. The number of carbonyl (C=O) groups is 1. The van der Waals surface area contributed by atoms with Gasteiger partial charge in [-0.2, -0.15) is 0 Å². The highest BCUT2D eigenvalue weighted by molar-refractivity contribution is 9.10. The predicted octanol–water partition coefficient (Wildman–Crippen LogP) is 2.73. The Balaban J connectivity index is 2.88. The van der Waals surface area contributed by atoms with Crippen molar-refractivity contribution >= 4 is 21.9 Å². The summed E-state index contributed by atoms with van der Waals surface area (Å²) in [5.74, 6) is -0.416. The van der Waals surface area contributed by atoms with Crippen molar-refractivity contribution in [1.29, 1.82) is 0 Å². The van der Waals surface area contributed by atoms with Crippen molar-refractivity contribution in [3.63, 3.8) is 0 Å². The van der Waals surface area contributed by atoms with E-state index in [0.717, 1.165) is 10.0 Å². The van der Waals surface area contributed by atoms with Crippen molar-refractivity contribution in [1.82, 2.24) is 0 Å². The Labute approximate surface area is 86.0 Å². The number of benzene rings is 1. The molecule has 1 rings (SSSR count). The van der Waals surface area contributed by atoms with Crippen LogP contribution in [0.25, 0.3) is 0 Å². The first-order chi connectivity index (χ1) is 6.15. The topological polar surface area (TPSA) is 26.3 Å². The minimum absolute atomic E-state index is 0.206. The molecular formula is C10H11BrO2. The summed E-state index contributed by atoms with van der Waals surface area (Å²) < 4.78 is 5.62. The van der Waals surface area contributed by atoms with Crippen LogP contribution < -0.4 is 0 Å². The summed E-state index contributed by atoms with van der Waals surface area (Å²) in [6, 6.07) is 7.65. The van der Waals surface area contributed by atoms with Gasteiger partial charge in [-0.05, 0) is 24.6 Å². The second-order valence-corrected chi connectivity index (χ2v) is 3.72. The predicted molar refractivity (Wildman–Crippen MR) is 54.6 cm³/mol. The van der Waals surface area contributed by atoms with Gasteiger partial charge in [-0.15, -0.1) is 0 Å². The summed E-state index contributed by atoms with van der Waals surface area (Å²) in [6.07, 6.45) is 0. The molecule has 0 aliphatic heterocycles. The van der Waals surface area contributed by atoms with Crippen LogP contribution in [-0.4, -0.2) is 13.1 Å². The van der Waals surface area contributed by atoms with E-state index in [9.17, 15) is 4.79 Å². The molecule has 0 aliphatic rings. The zero-order valence-corrected chi connectivity index (χ0v) is 9.17. The highest BCUT2D eigenvalue weighted by Crippen LogP contribution is 2.20. The third-order valence-corrected chi connectivity index (χ3v) is 2.40. The van der Waals surface area contributed by atoms with Gasteiger partial charge < -0.3 is 4.74 Å². The Kier molecular flexibility index (Phi) is 3.48. The zero-order valence-electron chi connectivity index (χ0n) is 7.58. The van der Waals surface area contributed by atoms with E-state index in [1.165, 1.54) is 7.11 Å². The molecule has 0 amide bonds. The lowest BCUT2D eigenvalue weighted by Crippen LogP contribution is -2.10. The van der Waals surface area contributed by atoms with Crippen LogP contribution in [-0.2, 0) is 9.53 Å². The number of rotatable bonds is 2. The van der Waals surface area contributed by atoms with Gasteiger partial charge in [0.15, 0.2) is 0 Å². The number of carbonyl (C=O) groups excluding carboxylic acids is 1. The molecule has 0 N–H and O–H groups in total. The van der Waals surface area contributed by atoms with Gasteiger partial charge in [-0.25, -0.2) is 0 Å². The van der Waals surface area contributed by atoms with Crippen molar-refractivity contribution in [2.24, 2.45) is 0 Å². The molecule has 0 fully saturated rings. The minimum atomic E-state index is -0.210. The average molecular weight is 243 g/mol. The molecule has 0 radical (unpaired) electrons. The van der Waals surface area contributed by atoms with E-state index < -0.39 is 0 Å². The Morgan fingerprint density at radius 1 is 1.54 bits per heavy atom. The Hall–Kier alpha value is -0.830. The number of hydrogen-bond acceptors (Lipinski definition) is 2. The molecule has 0 saturated carbocycles. The van der Waals surface area contributed by atoms with Crippen LogP contribution >= 0.6 is 15.9 Å². The molecule has 0 aromatic heterocycles. The Morgan fingerprint density at radius 2 is 2.23 bits per heavy atom. The Morgan fingerprint density at radius 3 is 2.77 bits per heavy atom. The third-order valence-electron chi connectivity index (χ3n) is 1.90. The summed E-state index contributed by atoms with van der Waals surface area (Å²) in [4.78, 5) is 11.2. The molecule has 1 aromatic rings. The molecule has 0 aliphatic carbocycles. The molecule has 3 heteroatoms. The maximum atomic E-state index is 11.2. The highest BCUT2D eigenvalue weighted by atomic mass is 79.9. The van der Waals surface area contributed by atoms with Gasteiger partial charge in [0, 0.05) is 4.47 Å². The smallest absolute Gasteiger partial charge is 0.312 e. The first-order valence-corrected chi connectivity index (χ1v) is 4.77. The minimum Gasteiger partial charge on any atom is -0.469 e. The highest BCUT2D eigenvalue weighted by Gasteiger charge is 2.14. The van der Waals surface area contributed by atoms with Crippen LogP contribution in [0.1, 0.15) is 18.4 Å². The first-order valence-electron chi connectivity index (χ1n) is 3.98. The van der Waals surface area contributed by atoms with Crippen molar-refractivity contribution < 1.29 is 9.53 Å². The number of esters is 1. The van der Waals surface area contributed by atoms with Gasteiger partial charge in [0.25, 0.3) is 0 Å². The van der Waals surface area contributed by atoms with Crippen molar-refractivity contribution in [2.45, 2.75) is 12.8 Å². The van der Waals surface area contributed by atoms with Gasteiger partial charge >= 0.3 is 5.97 Å². The summed E-state index contributed by atoms with van der Waals surface area (Å²) in [5, 5.41) is 0. The van der Waals surface area contributed by atoms with Crippen molar-refractivity contribution in [2.75, 3.05) is 7.11 Å². The van der Waals surface area contributed by atoms with Gasteiger partial charge in [-0.3, -0.25) is 4.79 Å². The van der Waals surface area contributed by atoms with Crippen molar-refractivity contribution in [3.05, 3.63) is 34.3 Å². The lowest BCUT2D eigenvalue weighted by molar-refractivity contribution is -0.141. The van der Waals surface area contributed by atoms with Gasteiger partial charge in [0.1, 0.15) is 0 Å². The van der Waals surface area contributed by atoms with Crippen LogP contribution in [0, 0.1) is 0 Å². The van der Waals surface area contributed by atoms with Gasteiger partial charge in [0.2, 0.25) is 0 Å². The van der Waals surface area contributed by atoms with E-state index in [4.69, 9.17) is 0 Å². The number of hydrogen-bond donors (Lipinski definition) is 0. The second kappa shape index (κ2) is 4.42. The van der Waals surface area contributed by atoms with Crippen LogP contribution in [0.5, 0.6) is 0 Å². The van der Waals surface area contributed by atoms with Crippen LogP contribution in [0.3, 0.4) is 0 Å². The standard InChI is InChI=1S/C10H11BrO2/c1-7(10(12)13-2)8-4-3-5-9(11)6-8/h3-7H,1-2H3/t7-/m1/s1. The molecule has 2 nitrogen and oxygen atoms in total. The molecule has 1 aromatic carbocycles. The molecule has 0 bridgehead atoms. The monoisotopic (exact) mass is 242 g/mol. The van der Waals surface area contributed by atoms with Crippen LogP contribution in [0.15, 0.2) is 28.7 Å². The summed E-state index contributed by atoms with van der Waals surface area (Å²) in [5.41, 5.74) is 0.959. The summed E-state index contributed by atoms with van der Waals surface area (Å²) >= 11 is 3.35. The van der Waals surface area contributed by atoms with Crippen LogP contribution in [0.2, 0.25) is 0 Å². The van der Waals surface area contributed by atoms with Gasteiger partial charge in [-0.1, -0.05) is 28.1 Å². The fraction of sp³-hybridized carbons (Fsp3) is 0.300. The molecule has 13 heavy (non-hydrogen) atoms. The van der Waals surface area contributed by atoms with Crippen molar-refractivity contribution in [3.8, 4) is 0 Å². The molecular weight excluding hydrogens is 232 g/mol. The first kappa shape index (κ1) is 10.3. The fourth-order valence-corrected chi connectivity index (χ4v) is 1.51. The number of ether oxygens (including phenoxy) is 1. The SMILES string of the molecule is COC(=O)[C@H](C)c1cccc(Br)c1. The zero-order chi connectivity index (χ0) is 9.84. The van der Waals surface area contributed by atoms with E-state index in [2.05, 4.69) is 20.7 Å². The van der Waals surface area contributed by atoms with E-state index in [1.807, 2.05) is 31.2 Å². The Bertz CT molecular complexity index is 310. The average Bonchev–Trinajstić information content (AvgIpc) is 2.15. The summed E-state index contributed by atoms with van der Waals surface area (Å²) in [7, 11) is 1.40. The molecule has 70 valence electrons.